The van der Waals surface area contributed by atoms with Crippen LogP contribution in [-0.2, 0) is 20.4 Å². The second-order valence-corrected chi connectivity index (χ2v) is 8.60. The Morgan fingerprint density at radius 2 is 1.92 bits per heavy atom. The standard InChI is InChI=1S/C17H23NO5S/c1-24(22,23)12-14-4-7-15(8-5-14)17(21)18-10-2-3-13(11-18)6-9-16(19)20/h4-5,7-8,13H,2-3,6,9-12H2,1H3,(H,19,20)/t13-/m1/s1. The van der Waals surface area contributed by atoms with Crippen molar-refractivity contribution in [3.05, 3.63) is 35.4 Å². The van der Waals surface area contributed by atoms with Gasteiger partial charge in [0.15, 0.2) is 9.84 Å². The van der Waals surface area contributed by atoms with Crippen LogP contribution in [0.2, 0.25) is 0 Å². The van der Waals surface area contributed by atoms with E-state index in [9.17, 15) is 18.0 Å². The number of carboxylic acid groups (broad SMARTS) is 1. The fourth-order valence-electron chi connectivity index (χ4n) is 3.04. The molecule has 1 heterocycles. The Hall–Kier alpha value is -1.89. The van der Waals surface area contributed by atoms with E-state index in [4.69, 9.17) is 5.11 Å². The van der Waals surface area contributed by atoms with E-state index in [1.165, 1.54) is 6.26 Å². The number of piperidine rings is 1. The first kappa shape index (κ1) is 18.4. The zero-order valence-corrected chi connectivity index (χ0v) is 14.6. The molecule has 1 amide bonds. The number of carbonyl (C=O) groups excluding carboxylic acids is 1. The summed E-state index contributed by atoms with van der Waals surface area (Å²) in [6.45, 7) is 1.25. The van der Waals surface area contributed by atoms with Crippen LogP contribution in [0.25, 0.3) is 0 Å². The third-order valence-corrected chi connectivity index (χ3v) is 5.06. The molecule has 0 unspecified atom stereocenters. The normalized spacial score (nSPS) is 18.4. The van der Waals surface area contributed by atoms with Crippen LogP contribution < -0.4 is 0 Å². The molecule has 132 valence electrons. The van der Waals surface area contributed by atoms with Gasteiger partial charge < -0.3 is 10.0 Å². The van der Waals surface area contributed by atoms with E-state index in [0.717, 1.165) is 12.8 Å². The zero-order chi connectivity index (χ0) is 17.7. The second kappa shape index (κ2) is 7.79. The van der Waals surface area contributed by atoms with Crippen LogP contribution in [0.1, 0.15) is 41.6 Å². The van der Waals surface area contributed by atoms with Gasteiger partial charge in [0.05, 0.1) is 5.75 Å². The lowest BCUT2D eigenvalue weighted by Crippen LogP contribution is -2.40. The Morgan fingerprint density at radius 3 is 2.50 bits per heavy atom. The number of carboxylic acids is 1. The van der Waals surface area contributed by atoms with Crippen molar-refractivity contribution in [2.24, 2.45) is 5.92 Å². The number of carbonyl (C=O) groups is 2. The van der Waals surface area contributed by atoms with Gasteiger partial charge in [0.1, 0.15) is 0 Å². The molecule has 24 heavy (non-hydrogen) atoms. The minimum atomic E-state index is -3.09. The van der Waals surface area contributed by atoms with E-state index < -0.39 is 15.8 Å². The van der Waals surface area contributed by atoms with Gasteiger partial charge in [-0.1, -0.05) is 12.1 Å². The average Bonchev–Trinajstić information content (AvgIpc) is 2.52. The summed E-state index contributed by atoms with van der Waals surface area (Å²) in [7, 11) is -3.09. The first-order valence-electron chi connectivity index (χ1n) is 8.02. The molecule has 1 aliphatic rings. The molecule has 6 nitrogen and oxygen atoms in total. The van der Waals surface area contributed by atoms with Crippen molar-refractivity contribution in [3.8, 4) is 0 Å². The Labute approximate surface area is 142 Å². The molecule has 0 aliphatic carbocycles. The van der Waals surface area contributed by atoms with Gasteiger partial charge >= 0.3 is 5.97 Å². The Balaban J connectivity index is 1.98. The Morgan fingerprint density at radius 1 is 1.25 bits per heavy atom. The summed E-state index contributed by atoms with van der Waals surface area (Å²) in [6, 6.07) is 6.65. The minimum Gasteiger partial charge on any atom is -0.481 e. The topological polar surface area (TPSA) is 91.8 Å². The summed E-state index contributed by atoms with van der Waals surface area (Å²) in [5.74, 6) is -0.702. The molecule has 7 heteroatoms. The lowest BCUT2D eigenvalue weighted by Gasteiger charge is -2.32. The van der Waals surface area contributed by atoms with Gasteiger partial charge in [0.2, 0.25) is 0 Å². The fourth-order valence-corrected chi connectivity index (χ4v) is 3.84. The van der Waals surface area contributed by atoms with Crippen molar-refractivity contribution >= 4 is 21.7 Å². The molecule has 1 fully saturated rings. The maximum atomic E-state index is 12.6. The highest BCUT2D eigenvalue weighted by atomic mass is 32.2. The van der Waals surface area contributed by atoms with Gasteiger partial charge in [-0.05, 0) is 42.9 Å². The summed E-state index contributed by atoms with van der Waals surface area (Å²) in [6.07, 6.45) is 3.73. The fraction of sp³-hybridized carbons (Fsp3) is 0.529. The highest BCUT2D eigenvalue weighted by molar-refractivity contribution is 7.89. The van der Waals surface area contributed by atoms with Crippen molar-refractivity contribution in [3.63, 3.8) is 0 Å². The van der Waals surface area contributed by atoms with Crippen molar-refractivity contribution in [1.29, 1.82) is 0 Å². The molecule has 0 aromatic heterocycles. The first-order valence-corrected chi connectivity index (χ1v) is 10.1. The quantitative estimate of drug-likeness (QED) is 0.844. The van der Waals surface area contributed by atoms with Gasteiger partial charge in [-0.15, -0.1) is 0 Å². The number of aliphatic carboxylic acids is 1. The number of hydrogen-bond acceptors (Lipinski definition) is 4. The van der Waals surface area contributed by atoms with Gasteiger partial charge in [-0.2, -0.15) is 0 Å². The van der Waals surface area contributed by atoms with Crippen LogP contribution in [0.4, 0.5) is 0 Å². The number of sulfone groups is 1. The summed E-state index contributed by atoms with van der Waals surface area (Å²) < 4.78 is 22.6. The third-order valence-electron chi connectivity index (χ3n) is 4.20. The highest BCUT2D eigenvalue weighted by Gasteiger charge is 2.24. The predicted octanol–water partition coefficient (Wildman–Crippen LogP) is 1.95. The molecular weight excluding hydrogens is 330 g/mol. The summed E-state index contributed by atoms with van der Waals surface area (Å²) >= 11 is 0. The van der Waals surface area contributed by atoms with E-state index in [2.05, 4.69) is 0 Å². The van der Waals surface area contributed by atoms with Gasteiger partial charge in [-0.25, -0.2) is 8.42 Å². The van der Waals surface area contributed by atoms with Crippen LogP contribution in [0, 0.1) is 5.92 Å². The number of hydrogen-bond donors (Lipinski definition) is 1. The molecule has 1 atom stereocenters. The molecule has 1 aliphatic heterocycles. The van der Waals surface area contributed by atoms with Crippen LogP contribution in [-0.4, -0.2) is 49.6 Å². The Kier molecular flexibility index (Phi) is 5.99. The predicted molar refractivity (Wildman–Crippen MR) is 90.5 cm³/mol. The highest BCUT2D eigenvalue weighted by Crippen LogP contribution is 2.22. The van der Waals surface area contributed by atoms with E-state index in [1.54, 1.807) is 29.2 Å². The zero-order valence-electron chi connectivity index (χ0n) is 13.8. The average molecular weight is 353 g/mol. The van der Waals surface area contributed by atoms with Gasteiger partial charge in [0, 0.05) is 31.3 Å². The number of nitrogens with zero attached hydrogens (tertiary/aromatic N) is 1. The number of amides is 1. The molecule has 0 bridgehead atoms. The minimum absolute atomic E-state index is 0.0392. The Bertz CT molecular complexity index is 696. The van der Waals surface area contributed by atoms with Crippen LogP contribution in [0.15, 0.2) is 24.3 Å². The largest absolute Gasteiger partial charge is 0.481 e. The lowest BCUT2D eigenvalue weighted by atomic mass is 9.93. The van der Waals surface area contributed by atoms with Crippen LogP contribution in [0.3, 0.4) is 0 Å². The molecular formula is C17H23NO5S. The molecule has 0 radical (unpaired) electrons. The maximum Gasteiger partial charge on any atom is 0.303 e. The summed E-state index contributed by atoms with van der Waals surface area (Å²) in [5, 5.41) is 8.78. The molecule has 0 saturated carbocycles. The molecule has 1 aromatic carbocycles. The molecule has 2 rings (SSSR count). The van der Waals surface area contributed by atoms with Crippen molar-refractivity contribution < 1.29 is 23.1 Å². The summed E-state index contributed by atoms with van der Waals surface area (Å²) in [5.41, 5.74) is 1.19. The van der Waals surface area contributed by atoms with E-state index in [0.29, 0.717) is 30.6 Å². The number of benzene rings is 1. The van der Waals surface area contributed by atoms with Crippen molar-refractivity contribution in [2.75, 3.05) is 19.3 Å². The van der Waals surface area contributed by atoms with Crippen LogP contribution >= 0.6 is 0 Å². The van der Waals surface area contributed by atoms with Gasteiger partial charge in [0.25, 0.3) is 5.91 Å². The molecule has 1 N–H and O–H groups in total. The maximum absolute atomic E-state index is 12.6. The summed E-state index contributed by atoms with van der Waals surface area (Å²) in [4.78, 5) is 25.0. The third kappa shape index (κ3) is 5.63. The van der Waals surface area contributed by atoms with Crippen molar-refractivity contribution in [1.82, 2.24) is 4.90 Å². The number of rotatable bonds is 6. The molecule has 0 spiro atoms. The van der Waals surface area contributed by atoms with Crippen LogP contribution in [0.5, 0.6) is 0 Å². The monoisotopic (exact) mass is 353 g/mol. The lowest BCUT2D eigenvalue weighted by molar-refractivity contribution is -0.137. The molecule has 1 aromatic rings. The van der Waals surface area contributed by atoms with Crippen molar-refractivity contribution in [2.45, 2.75) is 31.4 Å². The first-order chi connectivity index (χ1) is 11.2. The van der Waals surface area contributed by atoms with E-state index in [-0.39, 0.29) is 24.0 Å². The van der Waals surface area contributed by atoms with E-state index >= 15 is 0 Å². The van der Waals surface area contributed by atoms with Gasteiger partial charge in [-0.3, -0.25) is 9.59 Å². The smallest absolute Gasteiger partial charge is 0.303 e. The number of likely N-dealkylation sites (tertiary alicyclic amines) is 1. The molecule has 1 saturated heterocycles. The SMILES string of the molecule is CS(=O)(=O)Cc1ccc(C(=O)N2CCC[C@H](CCC(=O)O)C2)cc1. The second-order valence-electron chi connectivity index (χ2n) is 6.46. The van der Waals surface area contributed by atoms with E-state index in [1.807, 2.05) is 0 Å².